The van der Waals surface area contributed by atoms with Crippen molar-refractivity contribution in [3.8, 4) is 17.6 Å². The molecule has 2 amide bonds. The van der Waals surface area contributed by atoms with E-state index in [1.165, 1.54) is 46.8 Å². The highest BCUT2D eigenvalue weighted by atomic mass is 32.1. The summed E-state index contributed by atoms with van der Waals surface area (Å²) >= 11 is 1.25. The van der Waals surface area contributed by atoms with Crippen LogP contribution in [0.25, 0.3) is 0 Å². The van der Waals surface area contributed by atoms with Crippen LogP contribution in [0, 0.1) is 17.7 Å². The van der Waals surface area contributed by atoms with E-state index in [0.29, 0.717) is 27.6 Å². The number of thiazole rings is 1. The van der Waals surface area contributed by atoms with Gasteiger partial charge in [-0.25, -0.2) is 19.3 Å². The zero-order chi connectivity index (χ0) is 30.9. The van der Waals surface area contributed by atoms with Gasteiger partial charge in [0.2, 0.25) is 14.3 Å². The van der Waals surface area contributed by atoms with E-state index in [9.17, 15) is 14.0 Å². The van der Waals surface area contributed by atoms with Gasteiger partial charge >= 0.3 is 0 Å². The van der Waals surface area contributed by atoms with Gasteiger partial charge in [0, 0.05) is 47.2 Å². The van der Waals surface area contributed by atoms with Crippen LogP contribution in [-0.2, 0) is 11.3 Å². The molecule has 1 aliphatic heterocycles. The van der Waals surface area contributed by atoms with Crippen LogP contribution in [0.3, 0.4) is 0 Å². The SMILES string of the molecule is CC(C)(C)[Si](C)(C)Oc1ccc(F)cc1[C@H](C(=O)Nc1nccs1)N1Cc2ccc(C#Cc3cnc(N)nc3)cc2C1=O. The van der Waals surface area contributed by atoms with Crippen molar-refractivity contribution in [1.29, 1.82) is 0 Å². The highest BCUT2D eigenvalue weighted by Crippen LogP contribution is 2.42. The number of nitrogens with two attached hydrogens (primary N) is 1. The van der Waals surface area contributed by atoms with Crippen molar-refractivity contribution >= 4 is 42.5 Å². The quantitative estimate of drug-likeness (QED) is 0.209. The summed E-state index contributed by atoms with van der Waals surface area (Å²) in [7, 11) is -2.41. The molecule has 0 saturated heterocycles. The summed E-state index contributed by atoms with van der Waals surface area (Å²) < 4.78 is 21.4. The monoisotopic (exact) mass is 614 g/mol. The van der Waals surface area contributed by atoms with Crippen molar-refractivity contribution in [1.82, 2.24) is 19.9 Å². The Morgan fingerprint density at radius 2 is 1.84 bits per heavy atom. The molecule has 0 unspecified atom stereocenters. The zero-order valence-corrected chi connectivity index (χ0v) is 26.3. The van der Waals surface area contributed by atoms with Gasteiger partial charge in [0.1, 0.15) is 17.6 Å². The van der Waals surface area contributed by atoms with E-state index in [-0.39, 0.29) is 29.0 Å². The van der Waals surface area contributed by atoms with E-state index in [1.807, 2.05) is 6.07 Å². The Morgan fingerprint density at radius 1 is 1.12 bits per heavy atom. The minimum atomic E-state index is -2.41. The van der Waals surface area contributed by atoms with Crippen molar-refractivity contribution in [3.05, 3.63) is 94.0 Å². The largest absolute Gasteiger partial charge is 0.543 e. The van der Waals surface area contributed by atoms with Gasteiger partial charge in [-0.3, -0.25) is 14.9 Å². The molecule has 43 heavy (non-hydrogen) atoms. The summed E-state index contributed by atoms with van der Waals surface area (Å²) in [5.41, 5.74) is 8.12. The molecule has 5 rings (SSSR count). The number of hydrogen-bond donors (Lipinski definition) is 2. The molecule has 3 heterocycles. The second-order valence-electron chi connectivity index (χ2n) is 11.7. The fourth-order valence-corrected chi connectivity index (χ4v) is 5.89. The summed E-state index contributed by atoms with van der Waals surface area (Å²) in [6.07, 6.45) is 4.60. The molecule has 1 atom stereocenters. The number of nitrogens with zero attached hydrogens (tertiary/aromatic N) is 4. The Bertz CT molecular complexity index is 1740. The number of anilines is 2. The van der Waals surface area contributed by atoms with Gasteiger partial charge in [0.25, 0.3) is 11.8 Å². The average Bonchev–Trinajstić information content (AvgIpc) is 3.57. The van der Waals surface area contributed by atoms with Gasteiger partial charge in [-0.05, 0) is 54.0 Å². The Morgan fingerprint density at radius 3 is 2.51 bits per heavy atom. The van der Waals surface area contributed by atoms with E-state index in [0.717, 1.165) is 5.56 Å². The number of carbonyl (C=O) groups excluding carboxylic acids is 2. The smallest absolute Gasteiger partial charge is 0.255 e. The van der Waals surface area contributed by atoms with E-state index >= 15 is 0 Å². The molecule has 4 aromatic rings. The maximum Gasteiger partial charge on any atom is 0.255 e. The minimum Gasteiger partial charge on any atom is -0.543 e. The number of halogens is 1. The van der Waals surface area contributed by atoms with E-state index in [1.54, 1.807) is 23.7 Å². The molecule has 220 valence electrons. The topological polar surface area (TPSA) is 123 Å². The van der Waals surface area contributed by atoms with Gasteiger partial charge in [-0.2, -0.15) is 0 Å². The van der Waals surface area contributed by atoms with Crippen molar-refractivity contribution in [3.63, 3.8) is 0 Å². The number of nitrogens with one attached hydrogen (secondary N) is 1. The molecule has 0 aliphatic carbocycles. The summed E-state index contributed by atoms with van der Waals surface area (Å²) in [6.45, 7) is 10.6. The third kappa shape index (κ3) is 6.43. The average molecular weight is 615 g/mol. The summed E-state index contributed by atoms with van der Waals surface area (Å²) in [4.78, 5) is 41.3. The first-order valence-corrected chi connectivity index (χ1v) is 17.3. The van der Waals surface area contributed by atoms with Gasteiger partial charge in [-0.1, -0.05) is 38.7 Å². The van der Waals surface area contributed by atoms with Crippen molar-refractivity contribution < 1.29 is 18.4 Å². The fourth-order valence-electron chi connectivity index (χ4n) is 4.32. The zero-order valence-electron chi connectivity index (χ0n) is 24.4. The van der Waals surface area contributed by atoms with Gasteiger partial charge in [0.05, 0.1) is 5.56 Å². The lowest BCUT2D eigenvalue weighted by Gasteiger charge is -2.38. The molecule has 12 heteroatoms. The number of hydrogen-bond acceptors (Lipinski definition) is 8. The lowest BCUT2D eigenvalue weighted by atomic mass is 10.0. The van der Waals surface area contributed by atoms with Gasteiger partial charge in [-0.15, -0.1) is 11.3 Å². The predicted molar refractivity (Wildman–Crippen MR) is 166 cm³/mol. The molecule has 3 N–H and O–H groups in total. The van der Waals surface area contributed by atoms with Crippen LogP contribution in [0.2, 0.25) is 18.1 Å². The number of carbonyl (C=O) groups is 2. The molecular weight excluding hydrogens is 584 g/mol. The highest BCUT2D eigenvalue weighted by molar-refractivity contribution is 7.13. The maximum absolute atomic E-state index is 14.8. The molecular formula is C31H31FN6O3SSi. The lowest BCUT2D eigenvalue weighted by molar-refractivity contribution is -0.120. The third-order valence-electron chi connectivity index (χ3n) is 7.63. The van der Waals surface area contributed by atoms with Gasteiger partial charge < -0.3 is 15.1 Å². The second kappa shape index (κ2) is 11.6. The molecule has 9 nitrogen and oxygen atoms in total. The number of fused-ring (bicyclic) bond motifs is 1. The molecule has 0 fully saturated rings. The molecule has 0 radical (unpaired) electrons. The number of amides is 2. The second-order valence-corrected chi connectivity index (χ2v) is 17.3. The van der Waals surface area contributed by atoms with Crippen LogP contribution in [0.1, 0.15) is 59.4 Å². The minimum absolute atomic E-state index is 0.139. The summed E-state index contributed by atoms with van der Waals surface area (Å²) in [5.74, 6) is 5.06. The first kappa shape index (κ1) is 29.9. The molecule has 2 aromatic heterocycles. The van der Waals surface area contributed by atoms with E-state index < -0.39 is 26.1 Å². The predicted octanol–water partition coefficient (Wildman–Crippen LogP) is 5.77. The van der Waals surface area contributed by atoms with E-state index in [2.05, 4.69) is 66.0 Å². The van der Waals surface area contributed by atoms with Crippen LogP contribution >= 0.6 is 11.3 Å². The van der Waals surface area contributed by atoms with Crippen LogP contribution in [0.15, 0.2) is 60.4 Å². The number of aromatic nitrogens is 3. The van der Waals surface area contributed by atoms with Crippen LogP contribution < -0.4 is 15.5 Å². The van der Waals surface area contributed by atoms with Crippen LogP contribution in [-0.4, -0.2) is 40.0 Å². The van der Waals surface area contributed by atoms with Crippen molar-refractivity contribution in [2.24, 2.45) is 0 Å². The fraction of sp³-hybridized carbons (Fsp3) is 0.258. The maximum atomic E-state index is 14.8. The molecule has 0 bridgehead atoms. The molecule has 2 aromatic carbocycles. The molecule has 0 saturated carbocycles. The summed E-state index contributed by atoms with van der Waals surface area (Å²) in [5, 5.41) is 4.74. The Hall–Kier alpha value is -4.60. The number of benzene rings is 2. The normalized spacial score (nSPS) is 13.6. The van der Waals surface area contributed by atoms with Gasteiger partial charge in [0.15, 0.2) is 5.13 Å². The molecule has 1 aliphatic rings. The van der Waals surface area contributed by atoms with Crippen molar-refractivity contribution in [2.45, 2.75) is 51.5 Å². The van der Waals surface area contributed by atoms with Crippen molar-refractivity contribution in [2.75, 3.05) is 11.1 Å². The first-order chi connectivity index (χ1) is 20.3. The summed E-state index contributed by atoms with van der Waals surface area (Å²) in [6, 6.07) is 8.23. The van der Waals surface area contributed by atoms with Crippen LogP contribution in [0.4, 0.5) is 15.5 Å². The van der Waals surface area contributed by atoms with E-state index in [4.69, 9.17) is 10.2 Å². The van der Waals surface area contributed by atoms with Crippen LogP contribution in [0.5, 0.6) is 5.75 Å². The Kier molecular flexibility index (Phi) is 8.05. The number of nitrogen functional groups attached to an aromatic ring is 1. The Labute approximate surface area is 254 Å². The highest BCUT2D eigenvalue weighted by Gasteiger charge is 2.43. The lowest BCUT2D eigenvalue weighted by Crippen LogP contribution is -2.45. The standard InChI is InChI=1S/C31H31FN6O3SSi/c1-31(2,3)43(4,5)41-25-11-10-22(32)15-24(25)26(27(39)37-30-34-12-13-42-30)38-18-21-9-8-19(14-23(21)28(38)40)6-7-20-16-35-29(33)36-17-20/h8-17,26H,18H2,1-5H3,(H2,33,35,36)(H,34,37,39)/t26-/m1/s1. The Balaban J connectivity index is 1.53. The molecule has 0 spiro atoms. The third-order valence-corrected chi connectivity index (χ3v) is 12.7. The first-order valence-electron chi connectivity index (χ1n) is 13.5. The number of rotatable bonds is 6.